The molecule has 0 saturated heterocycles. The molecule has 1 aromatic rings. The van der Waals surface area contributed by atoms with Crippen LogP contribution in [0.2, 0.25) is 5.02 Å². The molecule has 0 spiro atoms. The van der Waals surface area contributed by atoms with Gasteiger partial charge < -0.3 is 10.1 Å². The Balaban J connectivity index is 2.75. The second-order valence-electron chi connectivity index (χ2n) is 5.61. The fourth-order valence-corrected chi connectivity index (χ4v) is 3.36. The highest BCUT2D eigenvalue weighted by atomic mass is 35.5. The van der Waals surface area contributed by atoms with E-state index in [9.17, 15) is 0 Å². The van der Waals surface area contributed by atoms with E-state index in [2.05, 4.69) is 38.4 Å². The zero-order valence-electron chi connectivity index (χ0n) is 12.7. The van der Waals surface area contributed by atoms with Crippen molar-refractivity contribution >= 4 is 22.9 Å². The van der Waals surface area contributed by atoms with Crippen LogP contribution in [0, 0.1) is 6.92 Å². The summed E-state index contributed by atoms with van der Waals surface area (Å²) in [5.41, 5.74) is 1.10. The van der Waals surface area contributed by atoms with E-state index in [1.807, 2.05) is 0 Å². The Morgan fingerprint density at radius 3 is 2.63 bits per heavy atom. The number of methoxy groups -OCH3 is 1. The largest absolute Gasteiger partial charge is 0.379 e. The summed E-state index contributed by atoms with van der Waals surface area (Å²) in [5, 5.41) is 6.67. The van der Waals surface area contributed by atoms with E-state index in [0.717, 1.165) is 30.8 Å². The van der Waals surface area contributed by atoms with E-state index in [0.29, 0.717) is 6.04 Å². The minimum Gasteiger partial charge on any atom is -0.379 e. The van der Waals surface area contributed by atoms with Crippen molar-refractivity contribution in [2.75, 3.05) is 13.7 Å². The highest BCUT2D eigenvalue weighted by Crippen LogP contribution is 2.35. The van der Waals surface area contributed by atoms with Crippen molar-refractivity contribution in [2.24, 2.45) is 0 Å². The summed E-state index contributed by atoms with van der Waals surface area (Å²) in [6.07, 6.45) is 3.19. The number of rotatable bonds is 8. The Morgan fingerprint density at radius 2 is 2.16 bits per heavy atom. The molecule has 0 radical (unpaired) electrons. The van der Waals surface area contributed by atoms with E-state index in [4.69, 9.17) is 16.3 Å². The van der Waals surface area contributed by atoms with Gasteiger partial charge in [0.1, 0.15) is 0 Å². The average Bonchev–Trinajstić information content (AvgIpc) is 2.71. The minimum absolute atomic E-state index is 0.0784. The average molecular weight is 304 g/mol. The number of nitrogens with one attached hydrogen (secondary N) is 1. The van der Waals surface area contributed by atoms with Gasteiger partial charge in [0, 0.05) is 18.0 Å². The molecule has 0 fully saturated rings. The Kier molecular flexibility index (Phi) is 6.81. The van der Waals surface area contributed by atoms with E-state index in [1.165, 1.54) is 10.4 Å². The molecule has 1 unspecified atom stereocenters. The molecule has 0 bridgehead atoms. The maximum Gasteiger partial charge on any atom is 0.0623 e. The first-order valence-corrected chi connectivity index (χ1v) is 8.19. The first-order valence-electron chi connectivity index (χ1n) is 6.93. The second-order valence-corrected chi connectivity index (χ2v) is 6.90. The van der Waals surface area contributed by atoms with Gasteiger partial charge in [-0.25, -0.2) is 0 Å². The molecular formula is C15H26ClNOS. The fourth-order valence-electron chi connectivity index (χ4n) is 1.92. The number of hydrogen-bond donors (Lipinski definition) is 1. The van der Waals surface area contributed by atoms with Gasteiger partial charge in [-0.15, -0.1) is 11.3 Å². The van der Waals surface area contributed by atoms with Crippen LogP contribution in [0.15, 0.2) is 5.38 Å². The third-order valence-corrected chi connectivity index (χ3v) is 5.30. The quantitative estimate of drug-likeness (QED) is 0.733. The molecule has 0 aromatic carbocycles. The summed E-state index contributed by atoms with van der Waals surface area (Å²) >= 11 is 8.16. The topological polar surface area (TPSA) is 21.3 Å². The normalized spacial score (nSPS) is 13.8. The van der Waals surface area contributed by atoms with Gasteiger partial charge in [0.2, 0.25) is 0 Å². The molecule has 0 amide bonds. The lowest BCUT2D eigenvalue weighted by atomic mass is 9.98. The SMILES string of the molecule is CCCNC(CCC(C)(C)OC)c1scc(C)c1Cl. The molecule has 2 nitrogen and oxygen atoms in total. The number of thiophene rings is 1. The smallest absolute Gasteiger partial charge is 0.0623 e. The van der Waals surface area contributed by atoms with Crippen LogP contribution >= 0.6 is 22.9 Å². The highest BCUT2D eigenvalue weighted by Gasteiger charge is 2.22. The van der Waals surface area contributed by atoms with Crippen LogP contribution in [0.1, 0.15) is 56.5 Å². The van der Waals surface area contributed by atoms with E-state index in [1.54, 1.807) is 18.4 Å². The second kappa shape index (κ2) is 7.63. The third kappa shape index (κ3) is 5.07. The minimum atomic E-state index is -0.0784. The van der Waals surface area contributed by atoms with E-state index >= 15 is 0 Å². The Morgan fingerprint density at radius 1 is 1.47 bits per heavy atom. The number of hydrogen-bond acceptors (Lipinski definition) is 3. The predicted molar refractivity (Wildman–Crippen MR) is 85.4 cm³/mol. The van der Waals surface area contributed by atoms with Crippen molar-refractivity contribution in [3.05, 3.63) is 20.8 Å². The Labute approximate surface area is 126 Å². The van der Waals surface area contributed by atoms with Crippen LogP contribution < -0.4 is 5.32 Å². The van der Waals surface area contributed by atoms with Crippen molar-refractivity contribution in [2.45, 2.75) is 58.6 Å². The summed E-state index contributed by atoms with van der Waals surface area (Å²) in [6, 6.07) is 0.334. The summed E-state index contributed by atoms with van der Waals surface area (Å²) in [4.78, 5) is 1.26. The number of halogens is 1. The molecule has 1 rings (SSSR count). The van der Waals surface area contributed by atoms with Gasteiger partial charge in [0.25, 0.3) is 0 Å². The van der Waals surface area contributed by atoms with Crippen LogP contribution in [0.4, 0.5) is 0 Å². The highest BCUT2D eigenvalue weighted by molar-refractivity contribution is 7.10. The summed E-state index contributed by atoms with van der Waals surface area (Å²) in [5.74, 6) is 0. The zero-order valence-corrected chi connectivity index (χ0v) is 14.3. The molecule has 0 saturated carbocycles. The monoisotopic (exact) mass is 303 g/mol. The van der Waals surface area contributed by atoms with Crippen LogP contribution in [0.25, 0.3) is 0 Å². The predicted octanol–water partition coefficient (Wildman–Crippen LogP) is 4.96. The van der Waals surface area contributed by atoms with Gasteiger partial charge in [-0.1, -0.05) is 18.5 Å². The van der Waals surface area contributed by atoms with Crippen LogP contribution in [0.3, 0.4) is 0 Å². The van der Waals surface area contributed by atoms with Crippen molar-refractivity contribution in [1.82, 2.24) is 5.32 Å². The van der Waals surface area contributed by atoms with Gasteiger partial charge in [-0.3, -0.25) is 0 Å². The first kappa shape index (κ1) is 17.0. The van der Waals surface area contributed by atoms with Gasteiger partial charge >= 0.3 is 0 Å². The molecule has 1 N–H and O–H groups in total. The van der Waals surface area contributed by atoms with Gasteiger partial charge in [0.05, 0.1) is 10.6 Å². The molecule has 4 heteroatoms. The van der Waals surface area contributed by atoms with Crippen LogP contribution in [-0.2, 0) is 4.74 Å². The lowest BCUT2D eigenvalue weighted by Crippen LogP contribution is -2.27. The van der Waals surface area contributed by atoms with Gasteiger partial charge in [0.15, 0.2) is 0 Å². The van der Waals surface area contributed by atoms with Crippen molar-refractivity contribution in [1.29, 1.82) is 0 Å². The molecule has 19 heavy (non-hydrogen) atoms. The molecule has 0 aliphatic heterocycles. The molecular weight excluding hydrogens is 278 g/mol. The fraction of sp³-hybridized carbons (Fsp3) is 0.733. The lowest BCUT2D eigenvalue weighted by Gasteiger charge is -2.26. The summed E-state index contributed by atoms with van der Waals surface area (Å²) < 4.78 is 5.51. The molecule has 1 heterocycles. The maximum absolute atomic E-state index is 6.41. The van der Waals surface area contributed by atoms with Gasteiger partial charge in [-0.05, 0) is 57.5 Å². The maximum atomic E-state index is 6.41. The number of ether oxygens (including phenoxy) is 1. The third-order valence-electron chi connectivity index (χ3n) is 3.47. The Hall–Kier alpha value is -0.0900. The summed E-state index contributed by atoms with van der Waals surface area (Å²) in [6.45, 7) is 9.53. The van der Waals surface area contributed by atoms with E-state index in [-0.39, 0.29) is 5.60 Å². The standard InChI is InChI=1S/C15H26ClNOS/c1-6-9-17-12(7-8-15(3,4)18-5)14-13(16)11(2)10-19-14/h10,12,17H,6-9H2,1-5H3. The molecule has 110 valence electrons. The van der Waals surface area contributed by atoms with Crippen molar-refractivity contribution in [3.8, 4) is 0 Å². The lowest BCUT2D eigenvalue weighted by molar-refractivity contribution is 0.0117. The molecule has 1 aromatic heterocycles. The van der Waals surface area contributed by atoms with Crippen molar-refractivity contribution in [3.63, 3.8) is 0 Å². The van der Waals surface area contributed by atoms with Crippen LogP contribution in [0.5, 0.6) is 0 Å². The molecule has 1 atom stereocenters. The molecule has 0 aliphatic carbocycles. The Bertz CT molecular complexity index is 389. The summed E-state index contributed by atoms with van der Waals surface area (Å²) in [7, 11) is 1.77. The van der Waals surface area contributed by atoms with Crippen LogP contribution in [-0.4, -0.2) is 19.3 Å². The number of aryl methyl sites for hydroxylation is 1. The van der Waals surface area contributed by atoms with E-state index < -0.39 is 0 Å². The zero-order chi connectivity index (χ0) is 14.5. The van der Waals surface area contributed by atoms with Gasteiger partial charge in [-0.2, -0.15) is 0 Å². The molecule has 0 aliphatic rings. The first-order chi connectivity index (χ1) is 8.91. The van der Waals surface area contributed by atoms with Crippen molar-refractivity contribution < 1.29 is 4.74 Å².